The molecule has 140 valence electrons. The van der Waals surface area contributed by atoms with Crippen molar-refractivity contribution in [3.63, 3.8) is 0 Å². The van der Waals surface area contributed by atoms with Crippen molar-refractivity contribution in [1.29, 1.82) is 0 Å². The molecule has 2 atom stereocenters. The molecule has 0 saturated carbocycles. The van der Waals surface area contributed by atoms with Crippen LogP contribution in [0.25, 0.3) is 10.9 Å². The zero-order valence-corrected chi connectivity index (χ0v) is 15.4. The number of aromatic amines is 1. The van der Waals surface area contributed by atoms with Gasteiger partial charge in [-0.2, -0.15) is 0 Å². The molecule has 1 aliphatic heterocycles. The molecule has 4 rings (SSSR count). The van der Waals surface area contributed by atoms with Crippen LogP contribution in [-0.2, 0) is 0 Å². The highest BCUT2D eigenvalue weighted by Gasteiger charge is 2.20. The lowest BCUT2D eigenvalue weighted by molar-refractivity contribution is 0.407. The van der Waals surface area contributed by atoms with Gasteiger partial charge in [-0.15, -0.1) is 0 Å². The van der Waals surface area contributed by atoms with Crippen LogP contribution in [0.15, 0.2) is 47.5 Å². The van der Waals surface area contributed by atoms with Gasteiger partial charge < -0.3 is 20.3 Å². The largest absolute Gasteiger partial charge is 0.494 e. The highest BCUT2D eigenvalue weighted by atomic mass is 19.1. The number of hydrogen-bond donors (Lipinski definition) is 3. The minimum Gasteiger partial charge on any atom is -0.494 e. The summed E-state index contributed by atoms with van der Waals surface area (Å²) in [5.74, 6) is -0.470. The lowest BCUT2D eigenvalue weighted by Gasteiger charge is -2.37. The Morgan fingerprint density at radius 1 is 1.11 bits per heavy atom. The Bertz CT molecular complexity index is 970. The third-order valence-corrected chi connectivity index (χ3v) is 4.91. The molecule has 0 radical (unpaired) electrons. The van der Waals surface area contributed by atoms with E-state index in [1.165, 1.54) is 12.3 Å². The van der Waals surface area contributed by atoms with Crippen LogP contribution in [0.5, 0.6) is 5.88 Å². The SMILES string of the molecule is CC1CN(c2ccc(N=Cc3c(O)[nH]c4cccc(F)c34)cc2)CC(C)N1. The van der Waals surface area contributed by atoms with E-state index in [0.29, 0.717) is 28.6 Å². The molecular weight excluding hydrogens is 343 g/mol. The van der Waals surface area contributed by atoms with Crippen LogP contribution in [-0.4, -0.2) is 41.5 Å². The summed E-state index contributed by atoms with van der Waals surface area (Å²) < 4.78 is 14.1. The molecule has 2 unspecified atom stereocenters. The summed E-state index contributed by atoms with van der Waals surface area (Å²) in [6.45, 7) is 6.31. The molecule has 1 aromatic heterocycles. The smallest absolute Gasteiger partial charge is 0.198 e. The topological polar surface area (TPSA) is 63.6 Å². The third-order valence-electron chi connectivity index (χ3n) is 4.91. The van der Waals surface area contributed by atoms with Crippen LogP contribution in [0.2, 0.25) is 0 Å². The van der Waals surface area contributed by atoms with Gasteiger partial charge in [0.1, 0.15) is 5.82 Å². The molecule has 2 heterocycles. The fourth-order valence-electron chi connectivity index (χ4n) is 3.77. The predicted octanol–water partition coefficient (Wildman–Crippen LogP) is 3.95. The number of rotatable bonds is 3. The van der Waals surface area contributed by atoms with Gasteiger partial charge in [-0.25, -0.2) is 4.39 Å². The summed E-state index contributed by atoms with van der Waals surface area (Å²) in [5, 5.41) is 13.9. The van der Waals surface area contributed by atoms with Crippen molar-refractivity contribution in [1.82, 2.24) is 10.3 Å². The van der Waals surface area contributed by atoms with E-state index in [9.17, 15) is 9.50 Å². The number of halogens is 1. The van der Waals surface area contributed by atoms with Crippen molar-refractivity contribution < 1.29 is 9.50 Å². The summed E-state index contributed by atoms with van der Waals surface area (Å²) in [4.78, 5) is 9.55. The monoisotopic (exact) mass is 366 g/mol. The van der Waals surface area contributed by atoms with Crippen molar-refractivity contribution >= 4 is 28.5 Å². The highest BCUT2D eigenvalue weighted by Crippen LogP contribution is 2.29. The summed E-state index contributed by atoms with van der Waals surface area (Å²) in [6, 6.07) is 13.6. The van der Waals surface area contributed by atoms with Crippen molar-refractivity contribution in [3.8, 4) is 5.88 Å². The number of benzene rings is 2. The number of nitrogens with one attached hydrogen (secondary N) is 2. The minimum absolute atomic E-state index is 0.0840. The van der Waals surface area contributed by atoms with E-state index >= 15 is 0 Å². The molecule has 0 spiro atoms. The second-order valence-corrected chi connectivity index (χ2v) is 7.20. The van der Waals surface area contributed by atoms with Gasteiger partial charge in [0.2, 0.25) is 0 Å². The van der Waals surface area contributed by atoms with E-state index < -0.39 is 0 Å². The molecule has 1 saturated heterocycles. The molecule has 3 N–H and O–H groups in total. The Balaban J connectivity index is 1.56. The quantitative estimate of drug-likeness (QED) is 0.615. The van der Waals surface area contributed by atoms with Crippen LogP contribution in [0, 0.1) is 5.82 Å². The Morgan fingerprint density at radius 3 is 2.52 bits per heavy atom. The number of anilines is 1. The number of H-pyrrole nitrogens is 1. The maximum atomic E-state index is 14.1. The fourth-order valence-corrected chi connectivity index (χ4v) is 3.77. The minimum atomic E-state index is -0.386. The van der Waals surface area contributed by atoms with Gasteiger partial charge in [0.05, 0.1) is 16.8 Å². The normalized spacial score (nSPS) is 20.6. The Labute approximate surface area is 157 Å². The Morgan fingerprint density at radius 2 is 1.81 bits per heavy atom. The Kier molecular flexibility index (Phi) is 4.58. The van der Waals surface area contributed by atoms with Crippen LogP contribution >= 0.6 is 0 Å². The van der Waals surface area contributed by atoms with E-state index in [-0.39, 0.29) is 11.7 Å². The molecule has 5 nitrogen and oxygen atoms in total. The summed E-state index contributed by atoms with van der Waals surface area (Å²) in [7, 11) is 0. The first-order valence-electron chi connectivity index (χ1n) is 9.15. The summed E-state index contributed by atoms with van der Waals surface area (Å²) in [5.41, 5.74) is 2.82. The van der Waals surface area contributed by atoms with Crippen molar-refractivity contribution in [2.24, 2.45) is 4.99 Å². The lowest BCUT2D eigenvalue weighted by atomic mass is 10.1. The van der Waals surface area contributed by atoms with E-state index in [1.54, 1.807) is 12.1 Å². The first-order chi connectivity index (χ1) is 13.0. The molecule has 0 amide bonds. The average molecular weight is 366 g/mol. The van der Waals surface area contributed by atoms with E-state index in [4.69, 9.17) is 0 Å². The molecule has 1 fully saturated rings. The Hall–Kier alpha value is -2.86. The van der Waals surface area contributed by atoms with Crippen LogP contribution < -0.4 is 10.2 Å². The maximum absolute atomic E-state index is 14.1. The van der Waals surface area contributed by atoms with Crippen molar-refractivity contribution in [2.45, 2.75) is 25.9 Å². The molecule has 27 heavy (non-hydrogen) atoms. The van der Waals surface area contributed by atoms with Gasteiger partial charge in [0.25, 0.3) is 0 Å². The van der Waals surface area contributed by atoms with Crippen LogP contribution in [0.1, 0.15) is 19.4 Å². The number of hydrogen-bond acceptors (Lipinski definition) is 4. The first kappa shape index (κ1) is 17.5. The van der Waals surface area contributed by atoms with E-state index in [2.05, 4.69) is 34.0 Å². The van der Waals surface area contributed by atoms with Gasteiger partial charge in [-0.1, -0.05) is 6.07 Å². The lowest BCUT2D eigenvalue weighted by Crippen LogP contribution is -2.54. The van der Waals surface area contributed by atoms with Gasteiger partial charge in [0.15, 0.2) is 5.88 Å². The molecule has 2 aromatic carbocycles. The third kappa shape index (κ3) is 3.53. The zero-order chi connectivity index (χ0) is 19.0. The number of aliphatic imine (C=N–C) groups is 1. The van der Waals surface area contributed by atoms with E-state index in [0.717, 1.165) is 24.5 Å². The number of piperazine rings is 1. The molecule has 0 aliphatic carbocycles. The van der Waals surface area contributed by atoms with Crippen LogP contribution in [0.3, 0.4) is 0 Å². The number of aromatic nitrogens is 1. The first-order valence-corrected chi connectivity index (χ1v) is 9.15. The average Bonchev–Trinajstić information content (AvgIpc) is 2.96. The van der Waals surface area contributed by atoms with Gasteiger partial charge in [-0.3, -0.25) is 4.99 Å². The summed E-state index contributed by atoms with van der Waals surface area (Å²) >= 11 is 0. The molecule has 6 heteroatoms. The van der Waals surface area contributed by atoms with Crippen molar-refractivity contribution in [2.75, 3.05) is 18.0 Å². The molecule has 3 aromatic rings. The zero-order valence-electron chi connectivity index (χ0n) is 15.4. The van der Waals surface area contributed by atoms with Gasteiger partial charge in [-0.05, 0) is 50.2 Å². The van der Waals surface area contributed by atoms with E-state index in [1.807, 2.05) is 24.3 Å². The van der Waals surface area contributed by atoms with Gasteiger partial charge in [0, 0.05) is 42.5 Å². The number of nitrogens with zero attached hydrogens (tertiary/aromatic N) is 2. The highest BCUT2D eigenvalue weighted by molar-refractivity contribution is 6.02. The summed E-state index contributed by atoms with van der Waals surface area (Å²) in [6.07, 6.45) is 1.50. The second kappa shape index (κ2) is 7.04. The fraction of sp³-hybridized carbons (Fsp3) is 0.286. The maximum Gasteiger partial charge on any atom is 0.198 e. The van der Waals surface area contributed by atoms with Crippen LogP contribution in [0.4, 0.5) is 15.8 Å². The number of aromatic hydroxyl groups is 1. The molecule has 1 aliphatic rings. The van der Waals surface area contributed by atoms with Crippen molar-refractivity contribution in [3.05, 3.63) is 53.8 Å². The molecule has 0 bridgehead atoms. The second-order valence-electron chi connectivity index (χ2n) is 7.20. The molecular formula is C21H23FN4O. The number of fused-ring (bicyclic) bond motifs is 1. The standard InChI is InChI=1S/C21H23FN4O/c1-13-11-26(12-14(2)24-13)16-8-6-15(7-9-16)23-10-17-20-18(22)4-3-5-19(20)25-21(17)27/h3-10,13-14,24-25,27H,11-12H2,1-2H3. The van der Waals surface area contributed by atoms with Gasteiger partial charge >= 0.3 is 0 Å². The predicted molar refractivity (Wildman–Crippen MR) is 108 cm³/mol.